The lowest BCUT2D eigenvalue weighted by molar-refractivity contribution is -0.119. The third kappa shape index (κ3) is 5.39. The van der Waals surface area contributed by atoms with Crippen LogP contribution in [0.15, 0.2) is 60.7 Å². The number of rotatable bonds is 10. The zero-order valence-corrected chi connectivity index (χ0v) is 18.3. The summed E-state index contributed by atoms with van der Waals surface area (Å²) in [6.45, 7) is 9.60. The first-order chi connectivity index (χ1) is 12.9. The smallest absolute Gasteiger partial charge is 0.261 e. The van der Waals surface area contributed by atoms with Gasteiger partial charge in [-0.15, -0.1) is 0 Å². The molecule has 2 rings (SSSR count). The average molecular weight is 383 g/mol. The van der Waals surface area contributed by atoms with Crippen LogP contribution in [0.5, 0.6) is 0 Å². The van der Waals surface area contributed by atoms with E-state index in [0.717, 1.165) is 19.3 Å². The van der Waals surface area contributed by atoms with Crippen molar-refractivity contribution in [3.63, 3.8) is 0 Å². The number of unbranched alkanes of at least 4 members (excludes halogenated alkanes) is 1. The van der Waals surface area contributed by atoms with Crippen molar-refractivity contribution in [1.29, 1.82) is 0 Å². The maximum atomic E-state index is 12.0. The largest absolute Gasteiger partial charge is 0.407 e. The van der Waals surface area contributed by atoms with E-state index in [0.29, 0.717) is 25.2 Å². The Morgan fingerprint density at radius 3 is 1.78 bits per heavy atom. The Kier molecular flexibility index (Phi) is 8.00. The molecule has 0 fully saturated rings. The van der Waals surface area contributed by atoms with Gasteiger partial charge in [-0.1, -0.05) is 94.8 Å². The summed E-state index contributed by atoms with van der Waals surface area (Å²) in [5.41, 5.74) is 0. The summed E-state index contributed by atoms with van der Waals surface area (Å²) in [6, 6.07) is 21.3. The molecule has 2 nitrogen and oxygen atoms in total. The first-order valence-corrected chi connectivity index (χ1v) is 12.1. The molecule has 0 bridgehead atoms. The summed E-state index contributed by atoms with van der Waals surface area (Å²) in [7, 11) is -2.46. The van der Waals surface area contributed by atoms with E-state index in [-0.39, 0.29) is 5.04 Å². The van der Waals surface area contributed by atoms with Crippen molar-refractivity contribution in [2.45, 2.75) is 64.8 Å². The van der Waals surface area contributed by atoms with Crippen molar-refractivity contribution < 1.29 is 9.22 Å². The van der Waals surface area contributed by atoms with Gasteiger partial charge in [0.15, 0.2) is 0 Å². The molecule has 0 atom stereocenters. The summed E-state index contributed by atoms with van der Waals surface area (Å²) >= 11 is 0. The molecule has 27 heavy (non-hydrogen) atoms. The van der Waals surface area contributed by atoms with Crippen LogP contribution >= 0.6 is 0 Å². The molecule has 3 heteroatoms. The number of Topliss-reactive ketones (excluding diaryl/α,β-unsaturated/α-hetero) is 1. The molecule has 2 aromatic carbocycles. The predicted molar refractivity (Wildman–Crippen MR) is 117 cm³/mol. The van der Waals surface area contributed by atoms with E-state index in [1.165, 1.54) is 10.4 Å². The summed E-state index contributed by atoms with van der Waals surface area (Å²) in [6.07, 6.45) is 4.19. The number of hydrogen-bond acceptors (Lipinski definition) is 2. The van der Waals surface area contributed by atoms with Gasteiger partial charge in [0, 0.05) is 19.4 Å². The standard InChI is InChI=1S/C24H34O2Si/c1-5-6-14-21(25)15-13-20-26-27(24(2,3)4,22-16-9-7-10-17-22)23-18-11-8-12-19-23/h7-12,16-19H,5-6,13-15,20H2,1-4H3. The maximum Gasteiger partial charge on any atom is 0.261 e. The second kappa shape index (κ2) is 10.0. The van der Waals surface area contributed by atoms with E-state index in [1.54, 1.807) is 0 Å². The first-order valence-electron chi connectivity index (χ1n) is 10.2. The topological polar surface area (TPSA) is 26.3 Å². The zero-order chi connectivity index (χ0) is 19.8. The van der Waals surface area contributed by atoms with Crippen molar-refractivity contribution in [3.05, 3.63) is 60.7 Å². The lowest BCUT2D eigenvalue weighted by Gasteiger charge is -2.43. The van der Waals surface area contributed by atoms with E-state index in [4.69, 9.17) is 4.43 Å². The molecule has 0 saturated heterocycles. The van der Waals surface area contributed by atoms with Gasteiger partial charge in [0.25, 0.3) is 8.32 Å². The normalized spacial score (nSPS) is 12.1. The minimum absolute atomic E-state index is 0.0120. The third-order valence-corrected chi connectivity index (χ3v) is 10.2. The van der Waals surface area contributed by atoms with Gasteiger partial charge in [0.05, 0.1) is 0 Å². The van der Waals surface area contributed by atoms with Crippen LogP contribution in [-0.4, -0.2) is 20.7 Å². The van der Waals surface area contributed by atoms with Gasteiger partial charge in [-0.3, -0.25) is 4.79 Å². The average Bonchev–Trinajstić information content (AvgIpc) is 2.67. The fourth-order valence-corrected chi connectivity index (χ4v) is 8.36. The van der Waals surface area contributed by atoms with Crippen molar-refractivity contribution in [2.24, 2.45) is 0 Å². The summed E-state index contributed by atoms with van der Waals surface area (Å²) in [5, 5.41) is 2.57. The molecule has 0 aromatic heterocycles. The van der Waals surface area contributed by atoms with Gasteiger partial charge in [-0.05, 0) is 28.3 Å². The number of ketones is 1. The molecule has 0 radical (unpaired) electrons. The molecule has 0 N–H and O–H groups in total. The second-order valence-corrected chi connectivity index (χ2v) is 12.6. The zero-order valence-electron chi connectivity index (χ0n) is 17.3. The Morgan fingerprint density at radius 1 is 0.852 bits per heavy atom. The Morgan fingerprint density at radius 2 is 1.33 bits per heavy atom. The fraction of sp³-hybridized carbons (Fsp3) is 0.458. The van der Waals surface area contributed by atoms with Crippen LogP contribution in [-0.2, 0) is 9.22 Å². The highest BCUT2D eigenvalue weighted by atomic mass is 28.4. The second-order valence-electron chi connectivity index (χ2n) is 8.26. The summed E-state index contributed by atoms with van der Waals surface area (Å²) in [4.78, 5) is 12.0. The molecule has 0 heterocycles. The Hall–Kier alpha value is -1.71. The minimum atomic E-state index is -2.46. The van der Waals surface area contributed by atoms with Crippen LogP contribution < -0.4 is 10.4 Å². The molecule has 0 saturated carbocycles. The molecule has 0 unspecified atom stereocenters. The molecule has 0 aliphatic heterocycles. The lowest BCUT2D eigenvalue weighted by atomic mass is 10.1. The van der Waals surface area contributed by atoms with Crippen molar-refractivity contribution in [2.75, 3.05) is 6.61 Å². The quantitative estimate of drug-likeness (QED) is 0.422. The van der Waals surface area contributed by atoms with E-state index < -0.39 is 8.32 Å². The van der Waals surface area contributed by atoms with Gasteiger partial charge < -0.3 is 4.43 Å². The molecule has 0 aliphatic rings. The van der Waals surface area contributed by atoms with Crippen molar-refractivity contribution >= 4 is 24.5 Å². The van der Waals surface area contributed by atoms with Gasteiger partial charge in [-0.25, -0.2) is 0 Å². The predicted octanol–water partition coefficient (Wildman–Crippen LogP) is 5.10. The highest BCUT2D eigenvalue weighted by molar-refractivity contribution is 6.99. The number of hydrogen-bond donors (Lipinski definition) is 0. The van der Waals surface area contributed by atoms with Crippen LogP contribution in [0.4, 0.5) is 0 Å². The maximum absolute atomic E-state index is 12.0. The summed E-state index contributed by atoms with van der Waals surface area (Å²) in [5.74, 6) is 0.364. The number of benzene rings is 2. The van der Waals surface area contributed by atoms with Gasteiger partial charge in [-0.2, -0.15) is 0 Å². The van der Waals surface area contributed by atoms with E-state index in [1.807, 2.05) is 0 Å². The Bertz CT molecular complexity index is 650. The highest BCUT2D eigenvalue weighted by Crippen LogP contribution is 2.36. The van der Waals surface area contributed by atoms with Crippen LogP contribution in [0, 0.1) is 0 Å². The molecule has 0 aliphatic carbocycles. The molecule has 2 aromatic rings. The van der Waals surface area contributed by atoms with Crippen LogP contribution in [0.1, 0.15) is 59.8 Å². The molecular weight excluding hydrogens is 348 g/mol. The van der Waals surface area contributed by atoms with Crippen molar-refractivity contribution in [3.8, 4) is 0 Å². The highest BCUT2D eigenvalue weighted by Gasteiger charge is 2.49. The molecular formula is C24H34O2Si. The minimum Gasteiger partial charge on any atom is -0.407 e. The van der Waals surface area contributed by atoms with Gasteiger partial charge in [0.1, 0.15) is 5.78 Å². The number of carbonyl (C=O) groups is 1. The van der Waals surface area contributed by atoms with E-state index in [9.17, 15) is 4.79 Å². The van der Waals surface area contributed by atoms with E-state index in [2.05, 4.69) is 88.4 Å². The van der Waals surface area contributed by atoms with Crippen LogP contribution in [0.2, 0.25) is 5.04 Å². The van der Waals surface area contributed by atoms with Gasteiger partial charge in [0.2, 0.25) is 0 Å². The monoisotopic (exact) mass is 382 g/mol. The third-order valence-electron chi connectivity index (χ3n) is 5.14. The molecule has 0 amide bonds. The summed E-state index contributed by atoms with van der Waals surface area (Å²) < 4.78 is 6.81. The molecule has 146 valence electrons. The Balaban J connectivity index is 2.26. The fourth-order valence-electron chi connectivity index (χ4n) is 3.76. The lowest BCUT2D eigenvalue weighted by Crippen LogP contribution is -2.66. The van der Waals surface area contributed by atoms with Crippen LogP contribution in [0.3, 0.4) is 0 Å². The first kappa shape index (κ1) is 21.6. The SMILES string of the molecule is CCCCC(=O)CCCO[Si](c1ccccc1)(c1ccccc1)C(C)(C)C. The van der Waals surface area contributed by atoms with Crippen molar-refractivity contribution in [1.82, 2.24) is 0 Å². The number of carbonyl (C=O) groups excluding carboxylic acids is 1. The van der Waals surface area contributed by atoms with Gasteiger partial charge >= 0.3 is 0 Å². The van der Waals surface area contributed by atoms with E-state index >= 15 is 0 Å². The Labute approximate surface area is 166 Å². The molecule has 0 spiro atoms. The van der Waals surface area contributed by atoms with Crippen LogP contribution in [0.25, 0.3) is 0 Å².